The molecule has 5 aromatic carbocycles. The Bertz CT molecular complexity index is 2400. The van der Waals surface area contributed by atoms with Gasteiger partial charge in [-0.2, -0.15) is 0 Å². The molecule has 0 amide bonds. The van der Waals surface area contributed by atoms with E-state index in [4.69, 9.17) is 52.1 Å². The first-order valence-electron chi connectivity index (χ1n) is 23.9. The molecule has 2 N–H and O–H groups in total. The lowest BCUT2D eigenvalue weighted by atomic mass is 9.95. The fourth-order valence-electron chi connectivity index (χ4n) is 8.74. The first kappa shape index (κ1) is 51.7. The van der Waals surface area contributed by atoms with Crippen molar-refractivity contribution in [3.05, 3.63) is 192 Å². The van der Waals surface area contributed by atoms with E-state index < -0.39 is 104 Å². The molecule has 0 radical (unpaired) electrons. The van der Waals surface area contributed by atoms with Gasteiger partial charge in [-0.15, -0.1) is 6.58 Å². The number of ether oxygens (including phenoxy) is 11. The van der Waals surface area contributed by atoms with Crippen LogP contribution in [-0.4, -0.2) is 121 Å². The molecular weight excluding hydrogens is 913 g/mol. The van der Waals surface area contributed by atoms with Crippen LogP contribution in [0.15, 0.2) is 164 Å². The third-order valence-electron chi connectivity index (χ3n) is 12.6. The zero-order valence-corrected chi connectivity index (χ0v) is 39.9. The maximum Gasteiger partial charge on any atom is 0.338 e. The Morgan fingerprint density at radius 1 is 0.451 bits per heavy atom. The summed E-state index contributed by atoms with van der Waals surface area (Å²) in [6.45, 7) is 9.08. The predicted molar refractivity (Wildman–Crippen MR) is 257 cm³/mol. The summed E-state index contributed by atoms with van der Waals surface area (Å²) in [6.07, 6.45) is -16.0. The van der Waals surface area contributed by atoms with Crippen LogP contribution in [0.5, 0.6) is 0 Å². The predicted octanol–water partition coefficient (Wildman–Crippen LogP) is 7.12. The topological polar surface area (TPSA) is 176 Å². The molecule has 3 fully saturated rings. The number of aliphatic hydroxyl groups is 2. The zero-order valence-electron chi connectivity index (χ0n) is 39.9. The average Bonchev–Trinajstić information content (AvgIpc) is 3.40. The van der Waals surface area contributed by atoms with Gasteiger partial charge in [0.2, 0.25) is 0 Å². The van der Waals surface area contributed by atoms with Gasteiger partial charge in [0.15, 0.2) is 31.1 Å². The zero-order chi connectivity index (χ0) is 49.7. The number of esters is 2. The molecule has 3 aliphatic heterocycles. The number of hydrogen-bond donors (Lipinski definition) is 2. The summed E-state index contributed by atoms with van der Waals surface area (Å²) in [5.74, 6) is -1.39. The minimum absolute atomic E-state index is 0.00641. The lowest BCUT2D eigenvalue weighted by molar-refractivity contribution is -0.384. The van der Waals surface area contributed by atoms with Gasteiger partial charge < -0.3 is 62.3 Å². The van der Waals surface area contributed by atoms with Crippen molar-refractivity contribution >= 4 is 11.9 Å². The summed E-state index contributed by atoms with van der Waals surface area (Å²) in [5.41, 5.74) is 2.95. The van der Waals surface area contributed by atoms with E-state index in [2.05, 4.69) is 6.58 Å². The summed E-state index contributed by atoms with van der Waals surface area (Å²) < 4.78 is 71.5. The quantitative estimate of drug-likeness (QED) is 0.0595. The van der Waals surface area contributed by atoms with Crippen molar-refractivity contribution in [2.24, 2.45) is 0 Å². The van der Waals surface area contributed by atoms with Crippen molar-refractivity contribution in [1.29, 1.82) is 0 Å². The van der Waals surface area contributed by atoms with E-state index in [0.717, 1.165) is 16.7 Å². The van der Waals surface area contributed by atoms with Gasteiger partial charge >= 0.3 is 11.9 Å². The van der Waals surface area contributed by atoms with Gasteiger partial charge in [-0.1, -0.05) is 133 Å². The molecule has 71 heavy (non-hydrogen) atoms. The van der Waals surface area contributed by atoms with Gasteiger partial charge in [0.05, 0.1) is 55.9 Å². The summed E-state index contributed by atoms with van der Waals surface area (Å²) >= 11 is 0. The molecule has 15 nitrogen and oxygen atoms in total. The van der Waals surface area contributed by atoms with E-state index >= 15 is 0 Å². The number of carbonyl (C=O) groups is 2. The molecule has 3 heterocycles. The van der Waals surface area contributed by atoms with Gasteiger partial charge in [0.1, 0.15) is 42.7 Å². The maximum absolute atomic E-state index is 14.1. The second kappa shape index (κ2) is 25.1. The third kappa shape index (κ3) is 13.3. The van der Waals surface area contributed by atoms with Gasteiger partial charge in [0.25, 0.3) is 0 Å². The Kier molecular flexibility index (Phi) is 18.3. The fraction of sp³-hybridized carbons (Fsp3) is 0.393. The highest BCUT2D eigenvalue weighted by Crippen LogP contribution is 2.37. The lowest BCUT2D eigenvalue weighted by Gasteiger charge is -2.50. The fourth-order valence-corrected chi connectivity index (χ4v) is 8.74. The molecule has 0 unspecified atom stereocenters. The Morgan fingerprint density at radius 3 is 1.20 bits per heavy atom. The molecule has 5 aromatic rings. The average molecular weight is 975 g/mol. The van der Waals surface area contributed by atoms with Crippen LogP contribution in [-0.2, 0) is 71.9 Å². The van der Waals surface area contributed by atoms with Gasteiger partial charge in [-0.25, -0.2) is 9.59 Å². The van der Waals surface area contributed by atoms with Crippen molar-refractivity contribution < 1.29 is 71.9 Å². The first-order chi connectivity index (χ1) is 34.6. The van der Waals surface area contributed by atoms with Crippen LogP contribution >= 0.6 is 0 Å². The van der Waals surface area contributed by atoms with E-state index in [1.165, 1.54) is 0 Å². The molecule has 0 aromatic heterocycles. The Labute approximate surface area is 414 Å². The number of benzene rings is 5. The van der Waals surface area contributed by atoms with E-state index in [1.807, 2.05) is 91.0 Å². The largest absolute Gasteiger partial charge is 0.452 e. The molecule has 15 heteroatoms. The van der Waals surface area contributed by atoms with Crippen LogP contribution in [0, 0.1) is 0 Å². The Morgan fingerprint density at radius 2 is 0.789 bits per heavy atom. The molecule has 3 aliphatic rings. The van der Waals surface area contributed by atoms with E-state index in [9.17, 15) is 19.8 Å². The van der Waals surface area contributed by atoms with Crippen molar-refractivity contribution in [3.63, 3.8) is 0 Å². The highest BCUT2D eigenvalue weighted by atomic mass is 16.8. The standard InChI is InChI=1S/C56H62O15/c1-5-31-61-54-49(62-32-38-21-11-6-12-22-38)46(43(57)35(2)65-54)70-55-50(63-33-39-23-13-7-14-24-39)47(44(58)36(3)66-55)71-56-51(64-34-40-25-15-8-16-26-40)48(69-53(60)42-29-19-10-20-30-42)45(37(4)67-56)68-52(59)41-27-17-9-18-28-41/h5-30,35-37,43-51,54-58H,1,31-34H2,2-4H3/t35-,36-,37-,43+,44+,45+,46+,47+,48+,49-,50-,51-,54+,55-,56-/m0/s1. The molecular formula is C56H62O15. The molecule has 15 atom stereocenters. The number of hydrogen-bond acceptors (Lipinski definition) is 15. The number of rotatable bonds is 20. The molecule has 3 saturated heterocycles. The molecule has 0 bridgehead atoms. The highest BCUT2D eigenvalue weighted by Gasteiger charge is 2.56. The lowest BCUT2D eigenvalue weighted by Crippen LogP contribution is -2.66. The second-order valence-electron chi connectivity index (χ2n) is 17.7. The second-order valence-corrected chi connectivity index (χ2v) is 17.7. The van der Waals surface area contributed by atoms with Crippen molar-refractivity contribution in [3.8, 4) is 0 Å². The molecule has 0 spiro atoms. The van der Waals surface area contributed by atoms with Crippen LogP contribution < -0.4 is 0 Å². The minimum atomic E-state index is -1.41. The number of carbonyl (C=O) groups excluding carboxylic acids is 2. The SMILES string of the molecule is C=CCO[C@@H]1O[C@@H](C)[C@@H](O)[C@@H](O[C@@H]2O[C@@H](C)[C@@H](O)[C@@H](O[C@@H]3O[C@@H](C)[C@@H](OC(=O)c4ccccc4)[C@@H](OC(=O)c4ccccc4)[C@@H]3OCc3ccccc3)[C@@H]2OCc2ccccc2)[C@@H]1OCc1ccccc1. The summed E-state index contributed by atoms with van der Waals surface area (Å²) in [5, 5.41) is 24.1. The monoisotopic (exact) mass is 974 g/mol. The Hall–Kier alpha value is -5.66. The maximum atomic E-state index is 14.1. The summed E-state index contributed by atoms with van der Waals surface area (Å²) in [7, 11) is 0. The van der Waals surface area contributed by atoms with Crippen LogP contribution in [0.3, 0.4) is 0 Å². The van der Waals surface area contributed by atoms with Gasteiger partial charge in [0, 0.05) is 0 Å². The van der Waals surface area contributed by atoms with Gasteiger partial charge in [-0.05, 0) is 61.7 Å². The van der Waals surface area contributed by atoms with Crippen LogP contribution in [0.25, 0.3) is 0 Å². The summed E-state index contributed by atoms with van der Waals surface area (Å²) in [6, 6.07) is 45.1. The smallest absolute Gasteiger partial charge is 0.338 e. The Balaban J connectivity index is 1.15. The molecule has 0 aliphatic carbocycles. The highest BCUT2D eigenvalue weighted by molar-refractivity contribution is 5.90. The van der Waals surface area contributed by atoms with E-state index in [-0.39, 0.29) is 37.6 Å². The van der Waals surface area contributed by atoms with Crippen LogP contribution in [0.4, 0.5) is 0 Å². The first-order valence-corrected chi connectivity index (χ1v) is 23.9. The van der Waals surface area contributed by atoms with Crippen LogP contribution in [0.2, 0.25) is 0 Å². The molecule has 376 valence electrons. The van der Waals surface area contributed by atoms with Crippen molar-refractivity contribution in [2.75, 3.05) is 6.61 Å². The molecule has 8 rings (SSSR count). The van der Waals surface area contributed by atoms with E-state index in [1.54, 1.807) is 87.5 Å². The third-order valence-corrected chi connectivity index (χ3v) is 12.6. The van der Waals surface area contributed by atoms with E-state index in [0.29, 0.717) is 0 Å². The summed E-state index contributed by atoms with van der Waals surface area (Å²) in [4.78, 5) is 27.9. The molecule has 0 saturated carbocycles. The van der Waals surface area contributed by atoms with Crippen LogP contribution in [0.1, 0.15) is 58.2 Å². The normalized spacial score (nSPS) is 30.7. The van der Waals surface area contributed by atoms with Crippen molar-refractivity contribution in [2.45, 2.75) is 133 Å². The minimum Gasteiger partial charge on any atom is -0.452 e. The number of aliphatic hydroxyl groups excluding tert-OH is 2. The van der Waals surface area contributed by atoms with Gasteiger partial charge in [-0.3, -0.25) is 0 Å². The van der Waals surface area contributed by atoms with Crippen molar-refractivity contribution in [1.82, 2.24) is 0 Å².